The SMILES string of the molecule is C=C.CC.CCCC1C2CCC3=CC(C)(C)CCC3C2CCC1(C)CC. The first kappa shape index (κ1) is 23.5. The summed E-state index contributed by atoms with van der Waals surface area (Å²) in [5.41, 5.74) is 2.95. The van der Waals surface area contributed by atoms with E-state index in [4.69, 9.17) is 0 Å². The minimum Gasteiger partial charge on any atom is -0.106 e. The summed E-state index contributed by atoms with van der Waals surface area (Å²) in [6, 6.07) is 0. The molecule has 152 valence electrons. The Morgan fingerprint density at radius 3 is 2.19 bits per heavy atom. The van der Waals surface area contributed by atoms with Crippen molar-refractivity contribution in [3.05, 3.63) is 24.8 Å². The van der Waals surface area contributed by atoms with Crippen LogP contribution in [0.5, 0.6) is 0 Å². The average Bonchev–Trinajstić information content (AvgIpc) is 2.66. The van der Waals surface area contributed by atoms with Crippen molar-refractivity contribution in [2.24, 2.45) is 34.5 Å². The topological polar surface area (TPSA) is 0 Å². The molecule has 26 heavy (non-hydrogen) atoms. The second-order valence-electron chi connectivity index (χ2n) is 9.66. The third-order valence-corrected chi connectivity index (χ3v) is 7.85. The van der Waals surface area contributed by atoms with Crippen molar-refractivity contribution in [3.63, 3.8) is 0 Å². The number of hydrogen-bond donors (Lipinski definition) is 0. The Bertz CT molecular complexity index is 443. The molecule has 0 N–H and O–H groups in total. The molecule has 0 saturated heterocycles. The normalized spacial score (nSPS) is 37.6. The average molecular weight is 361 g/mol. The van der Waals surface area contributed by atoms with Gasteiger partial charge in [-0.2, -0.15) is 0 Å². The Kier molecular flexibility index (Phi) is 9.17. The van der Waals surface area contributed by atoms with E-state index < -0.39 is 0 Å². The van der Waals surface area contributed by atoms with E-state index in [0.717, 1.165) is 23.7 Å². The van der Waals surface area contributed by atoms with Gasteiger partial charge < -0.3 is 0 Å². The standard InChI is InChI=1S/C22H38.C2H6.C2H4/c1-6-8-20-19-10-9-16-15-21(3,4)13-11-17(16)18(19)12-14-22(20,5)7-2;2*1-2/h15,17-20H,6-14H2,1-5H3;1-2H3;1-2H2. The lowest BCUT2D eigenvalue weighted by Crippen LogP contribution is -2.46. The number of hydrogen-bond acceptors (Lipinski definition) is 0. The van der Waals surface area contributed by atoms with Crippen molar-refractivity contribution in [1.29, 1.82) is 0 Å². The highest BCUT2D eigenvalue weighted by atomic mass is 14.5. The lowest BCUT2D eigenvalue weighted by Gasteiger charge is -2.56. The monoisotopic (exact) mass is 360 g/mol. The summed E-state index contributed by atoms with van der Waals surface area (Å²) in [4.78, 5) is 0. The van der Waals surface area contributed by atoms with Gasteiger partial charge in [0.25, 0.3) is 0 Å². The Morgan fingerprint density at radius 1 is 0.962 bits per heavy atom. The van der Waals surface area contributed by atoms with Crippen LogP contribution in [-0.4, -0.2) is 0 Å². The van der Waals surface area contributed by atoms with E-state index in [2.05, 4.69) is 53.9 Å². The van der Waals surface area contributed by atoms with Crippen LogP contribution in [0.15, 0.2) is 24.8 Å². The molecule has 0 aromatic heterocycles. The van der Waals surface area contributed by atoms with Gasteiger partial charge in [-0.25, -0.2) is 0 Å². The predicted octanol–water partition coefficient (Wildman–Crippen LogP) is 8.83. The quantitative estimate of drug-likeness (QED) is 0.441. The molecular formula is C26H48. The summed E-state index contributed by atoms with van der Waals surface area (Å²) in [7, 11) is 0. The highest BCUT2D eigenvalue weighted by Gasteiger charge is 2.49. The zero-order valence-electron chi connectivity index (χ0n) is 19.2. The Labute approximate surface area is 165 Å². The second-order valence-corrected chi connectivity index (χ2v) is 9.66. The van der Waals surface area contributed by atoms with Crippen molar-refractivity contribution >= 4 is 0 Å². The molecule has 0 aromatic rings. The third kappa shape index (κ3) is 4.85. The van der Waals surface area contributed by atoms with Crippen molar-refractivity contribution in [2.45, 2.75) is 106 Å². The molecule has 0 heteroatoms. The minimum absolute atomic E-state index is 0.466. The van der Waals surface area contributed by atoms with Gasteiger partial charge >= 0.3 is 0 Å². The van der Waals surface area contributed by atoms with Crippen molar-refractivity contribution in [3.8, 4) is 0 Å². The molecular weight excluding hydrogens is 312 g/mol. The smallest absolute Gasteiger partial charge is 0.0172 e. The minimum atomic E-state index is 0.466. The van der Waals surface area contributed by atoms with E-state index in [1.165, 1.54) is 57.8 Å². The Morgan fingerprint density at radius 2 is 1.62 bits per heavy atom. The molecule has 0 spiro atoms. The largest absolute Gasteiger partial charge is 0.106 e. The lowest BCUT2D eigenvalue weighted by molar-refractivity contribution is -0.0306. The van der Waals surface area contributed by atoms with Crippen LogP contribution in [0.1, 0.15) is 106 Å². The molecule has 3 rings (SSSR count). The zero-order chi connectivity index (χ0) is 20.0. The van der Waals surface area contributed by atoms with Crippen LogP contribution < -0.4 is 0 Å². The van der Waals surface area contributed by atoms with Crippen LogP contribution in [0.25, 0.3) is 0 Å². The van der Waals surface area contributed by atoms with Gasteiger partial charge in [0.1, 0.15) is 0 Å². The van der Waals surface area contributed by atoms with E-state index in [1.807, 2.05) is 19.4 Å². The molecule has 0 heterocycles. The maximum absolute atomic E-state index is 3.00. The number of rotatable bonds is 3. The van der Waals surface area contributed by atoms with Crippen LogP contribution in [0.2, 0.25) is 0 Å². The molecule has 5 unspecified atom stereocenters. The van der Waals surface area contributed by atoms with E-state index in [0.29, 0.717) is 10.8 Å². The summed E-state index contributed by atoms with van der Waals surface area (Å²) in [5.74, 6) is 4.00. The molecule has 3 aliphatic carbocycles. The molecule has 2 fully saturated rings. The van der Waals surface area contributed by atoms with E-state index in [-0.39, 0.29) is 0 Å². The summed E-state index contributed by atoms with van der Waals surface area (Å²) in [6.07, 6.45) is 15.7. The van der Waals surface area contributed by atoms with Crippen LogP contribution in [0.3, 0.4) is 0 Å². The maximum atomic E-state index is 3.00. The van der Waals surface area contributed by atoms with Gasteiger partial charge in [0.15, 0.2) is 0 Å². The fourth-order valence-electron chi connectivity index (χ4n) is 6.41. The number of allylic oxidation sites excluding steroid dienone is 2. The molecule has 0 aromatic carbocycles. The predicted molar refractivity (Wildman–Crippen MR) is 119 cm³/mol. The summed E-state index contributed by atoms with van der Waals surface area (Å²) in [5, 5.41) is 0. The van der Waals surface area contributed by atoms with Gasteiger partial charge in [-0.3, -0.25) is 0 Å². The first-order chi connectivity index (χ1) is 12.4. The lowest BCUT2D eigenvalue weighted by atomic mass is 9.49. The van der Waals surface area contributed by atoms with Gasteiger partial charge in [0.2, 0.25) is 0 Å². The van der Waals surface area contributed by atoms with E-state index >= 15 is 0 Å². The Hall–Kier alpha value is -0.520. The highest BCUT2D eigenvalue weighted by Crippen LogP contribution is 2.59. The molecule has 5 atom stereocenters. The van der Waals surface area contributed by atoms with Crippen molar-refractivity contribution in [1.82, 2.24) is 0 Å². The second kappa shape index (κ2) is 10.1. The fourth-order valence-corrected chi connectivity index (χ4v) is 6.41. The molecule has 3 aliphatic rings. The molecule has 0 radical (unpaired) electrons. The van der Waals surface area contributed by atoms with Gasteiger partial charge in [-0.05, 0) is 79.4 Å². The first-order valence-corrected chi connectivity index (χ1v) is 11.6. The van der Waals surface area contributed by atoms with Gasteiger partial charge in [-0.1, -0.05) is 73.0 Å². The third-order valence-electron chi connectivity index (χ3n) is 7.85. The van der Waals surface area contributed by atoms with Crippen molar-refractivity contribution in [2.75, 3.05) is 0 Å². The van der Waals surface area contributed by atoms with Gasteiger partial charge in [0.05, 0.1) is 0 Å². The van der Waals surface area contributed by atoms with Gasteiger partial charge in [-0.15, -0.1) is 13.2 Å². The molecule has 0 bridgehead atoms. The highest BCUT2D eigenvalue weighted by molar-refractivity contribution is 5.20. The van der Waals surface area contributed by atoms with Crippen LogP contribution in [-0.2, 0) is 0 Å². The Balaban J connectivity index is 0.000000791. The van der Waals surface area contributed by atoms with E-state index in [9.17, 15) is 0 Å². The summed E-state index contributed by atoms with van der Waals surface area (Å²) in [6.45, 7) is 22.3. The number of fused-ring (bicyclic) bond motifs is 3. The summed E-state index contributed by atoms with van der Waals surface area (Å²) >= 11 is 0. The van der Waals surface area contributed by atoms with Crippen molar-refractivity contribution < 1.29 is 0 Å². The summed E-state index contributed by atoms with van der Waals surface area (Å²) < 4.78 is 0. The maximum Gasteiger partial charge on any atom is -0.0172 e. The molecule has 0 nitrogen and oxygen atoms in total. The first-order valence-electron chi connectivity index (χ1n) is 11.6. The fraction of sp³-hybridized carbons (Fsp3) is 0.846. The van der Waals surface area contributed by atoms with Gasteiger partial charge in [0, 0.05) is 0 Å². The van der Waals surface area contributed by atoms with Crippen LogP contribution in [0.4, 0.5) is 0 Å². The molecule has 2 saturated carbocycles. The van der Waals surface area contributed by atoms with Crippen LogP contribution >= 0.6 is 0 Å². The van der Waals surface area contributed by atoms with Crippen LogP contribution in [0, 0.1) is 34.5 Å². The molecule has 0 aliphatic heterocycles. The molecule has 0 amide bonds. The zero-order valence-corrected chi connectivity index (χ0v) is 19.2. The van der Waals surface area contributed by atoms with E-state index in [1.54, 1.807) is 0 Å².